The highest BCUT2D eigenvalue weighted by Gasteiger charge is 2.35. The summed E-state index contributed by atoms with van der Waals surface area (Å²) in [5, 5.41) is 21.6. The first-order valence-corrected chi connectivity index (χ1v) is 9.99. The number of aliphatic imine (C=N–C) groups is 1. The lowest BCUT2D eigenvalue weighted by atomic mass is 9.78. The van der Waals surface area contributed by atoms with E-state index < -0.39 is 5.60 Å². The van der Waals surface area contributed by atoms with Gasteiger partial charge in [-0.1, -0.05) is 20.8 Å². The maximum absolute atomic E-state index is 10.7. The molecule has 0 aliphatic carbocycles. The Morgan fingerprint density at radius 1 is 1.37 bits per heavy atom. The van der Waals surface area contributed by atoms with Gasteiger partial charge in [0.05, 0.1) is 18.8 Å². The molecule has 154 valence electrons. The lowest BCUT2D eigenvalue weighted by Gasteiger charge is -2.40. The molecule has 0 amide bonds. The average Bonchev–Trinajstić information content (AvgIpc) is 3.04. The number of hydrogen-bond acceptors (Lipinski definition) is 4. The minimum atomic E-state index is -1.06. The summed E-state index contributed by atoms with van der Waals surface area (Å²) >= 11 is 0. The summed E-state index contributed by atoms with van der Waals surface area (Å²) in [5.74, 6) is 1.17. The van der Waals surface area contributed by atoms with Gasteiger partial charge in [-0.3, -0.25) is 4.68 Å². The van der Waals surface area contributed by atoms with Crippen LogP contribution >= 0.6 is 0 Å². The van der Waals surface area contributed by atoms with E-state index in [4.69, 9.17) is 4.74 Å². The predicted octanol–water partition coefficient (Wildman–Crippen LogP) is 2.02. The summed E-state index contributed by atoms with van der Waals surface area (Å²) in [6.45, 7) is 13.2. The Hall–Kier alpha value is -1.60. The van der Waals surface area contributed by atoms with Crippen LogP contribution in [-0.4, -0.2) is 53.2 Å². The fourth-order valence-corrected chi connectivity index (χ4v) is 3.60. The van der Waals surface area contributed by atoms with Crippen LogP contribution in [0.1, 0.15) is 53.0 Å². The van der Waals surface area contributed by atoms with Gasteiger partial charge >= 0.3 is 0 Å². The van der Waals surface area contributed by atoms with E-state index in [9.17, 15) is 5.11 Å². The van der Waals surface area contributed by atoms with Crippen LogP contribution in [0.15, 0.2) is 17.4 Å². The van der Waals surface area contributed by atoms with Gasteiger partial charge in [0.15, 0.2) is 5.96 Å². The van der Waals surface area contributed by atoms with Crippen molar-refractivity contribution >= 4 is 5.96 Å². The Kier molecular flexibility index (Phi) is 7.28. The van der Waals surface area contributed by atoms with Crippen molar-refractivity contribution in [2.75, 3.05) is 26.2 Å². The summed E-state index contributed by atoms with van der Waals surface area (Å²) in [7, 11) is 1.84. The molecule has 1 aliphatic heterocycles. The third-order valence-electron chi connectivity index (χ3n) is 5.05. The molecule has 3 atom stereocenters. The highest BCUT2D eigenvalue weighted by atomic mass is 16.5. The van der Waals surface area contributed by atoms with Crippen LogP contribution in [0.4, 0.5) is 0 Å². The number of ether oxygens (including phenoxy) is 1. The number of aromatic nitrogens is 2. The number of rotatable bonds is 6. The van der Waals surface area contributed by atoms with E-state index >= 15 is 0 Å². The predicted molar refractivity (Wildman–Crippen MR) is 109 cm³/mol. The molecule has 1 saturated heterocycles. The van der Waals surface area contributed by atoms with Gasteiger partial charge in [-0.15, -0.1) is 0 Å². The average molecular weight is 380 g/mol. The SMILES string of the molecule is CCNC(=NCC(C)(O)c1cnn(C)c1)NCC1CCCOC1C(C)(C)C. The second-order valence-electron chi connectivity index (χ2n) is 8.81. The molecular weight excluding hydrogens is 342 g/mol. The minimum Gasteiger partial charge on any atom is -0.383 e. The van der Waals surface area contributed by atoms with Gasteiger partial charge in [0.2, 0.25) is 0 Å². The Bertz CT molecular complexity index is 618. The third-order valence-corrected chi connectivity index (χ3v) is 5.05. The molecule has 27 heavy (non-hydrogen) atoms. The van der Waals surface area contributed by atoms with E-state index in [-0.39, 0.29) is 18.1 Å². The lowest BCUT2D eigenvalue weighted by Crippen LogP contribution is -2.47. The van der Waals surface area contributed by atoms with Crippen molar-refractivity contribution in [2.45, 2.75) is 59.2 Å². The molecule has 1 aromatic rings. The summed E-state index contributed by atoms with van der Waals surface area (Å²) < 4.78 is 7.76. The smallest absolute Gasteiger partial charge is 0.191 e. The van der Waals surface area contributed by atoms with E-state index in [0.717, 1.165) is 44.1 Å². The second-order valence-corrected chi connectivity index (χ2v) is 8.81. The summed E-state index contributed by atoms with van der Waals surface area (Å²) in [4.78, 5) is 4.61. The third kappa shape index (κ3) is 6.21. The fraction of sp³-hybridized carbons (Fsp3) is 0.800. The van der Waals surface area contributed by atoms with Gasteiger partial charge < -0.3 is 20.5 Å². The van der Waals surface area contributed by atoms with Crippen LogP contribution in [0.2, 0.25) is 0 Å². The monoisotopic (exact) mass is 379 g/mol. The molecule has 1 aliphatic rings. The minimum absolute atomic E-state index is 0.117. The number of guanidine groups is 1. The largest absolute Gasteiger partial charge is 0.383 e. The molecule has 7 nitrogen and oxygen atoms in total. The summed E-state index contributed by atoms with van der Waals surface area (Å²) in [5.41, 5.74) is -0.178. The van der Waals surface area contributed by atoms with Crippen LogP contribution < -0.4 is 10.6 Å². The van der Waals surface area contributed by atoms with Crippen LogP contribution in [0.3, 0.4) is 0 Å². The van der Waals surface area contributed by atoms with E-state index in [2.05, 4.69) is 41.5 Å². The molecule has 3 N–H and O–H groups in total. The first kappa shape index (κ1) is 21.7. The molecule has 0 bridgehead atoms. The number of aliphatic hydroxyl groups is 1. The van der Waals surface area contributed by atoms with Crippen molar-refractivity contribution in [3.05, 3.63) is 18.0 Å². The maximum Gasteiger partial charge on any atom is 0.191 e. The zero-order valence-electron chi connectivity index (χ0n) is 17.7. The van der Waals surface area contributed by atoms with Crippen molar-refractivity contribution in [1.82, 2.24) is 20.4 Å². The van der Waals surface area contributed by atoms with Crippen molar-refractivity contribution < 1.29 is 9.84 Å². The molecule has 0 radical (unpaired) electrons. The Labute approximate surface area is 163 Å². The van der Waals surface area contributed by atoms with E-state index in [0.29, 0.717) is 5.92 Å². The number of hydrogen-bond donors (Lipinski definition) is 3. The molecular formula is C20H37N5O2. The summed E-state index contributed by atoms with van der Waals surface area (Å²) in [6, 6.07) is 0. The maximum atomic E-state index is 10.7. The molecule has 0 aromatic carbocycles. The molecule has 1 aromatic heterocycles. The van der Waals surface area contributed by atoms with Gasteiger partial charge in [-0.2, -0.15) is 5.10 Å². The zero-order valence-corrected chi connectivity index (χ0v) is 17.7. The molecule has 0 spiro atoms. The van der Waals surface area contributed by atoms with Gasteiger partial charge in [0, 0.05) is 44.4 Å². The lowest BCUT2D eigenvalue weighted by molar-refractivity contribution is -0.0835. The molecule has 0 saturated carbocycles. The quantitative estimate of drug-likeness (QED) is 0.520. The second kappa shape index (κ2) is 9.06. The Morgan fingerprint density at radius 2 is 2.11 bits per heavy atom. The van der Waals surface area contributed by atoms with Crippen molar-refractivity contribution in [3.8, 4) is 0 Å². The molecule has 3 unspecified atom stereocenters. The van der Waals surface area contributed by atoms with Crippen molar-refractivity contribution in [3.63, 3.8) is 0 Å². The van der Waals surface area contributed by atoms with Gasteiger partial charge in [-0.05, 0) is 32.1 Å². The first-order chi connectivity index (χ1) is 12.6. The molecule has 1 fully saturated rings. The number of aryl methyl sites for hydroxylation is 1. The van der Waals surface area contributed by atoms with Crippen LogP contribution in [0.25, 0.3) is 0 Å². The van der Waals surface area contributed by atoms with E-state index in [1.807, 2.05) is 20.2 Å². The van der Waals surface area contributed by atoms with Gasteiger partial charge in [-0.25, -0.2) is 4.99 Å². The Morgan fingerprint density at radius 3 is 2.70 bits per heavy atom. The highest BCUT2D eigenvalue weighted by Crippen LogP contribution is 2.33. The summed E-state index contributed by atoms with van der Waals surface area (Å²) in [6.07, 6.45) is 6.00. The van der Waals surface area contributed by atoms with Crippen LogP contribution in [0.5, 0.6) is 0 Å². The molecule has 7 heteroatoms. The van der Waals surface area contributed by atoms with Crippen molar-refractivity contribution in [2.24, 2.45) is 23.4 Å². The van der Waals surface area contributed by atoms with Crippen LogP contribution in [-0.2, 0) is 17.4 Å². The normalized spacial score (nSPS) is 23.7. The first-order valence-electron chi connectivity index (χ1n) is 9.99. The van der Waals surface area contributed by atoms with Crippen molar-refractivity contribution in [1.29, 1.82) is 0 Å². The fourth-order valence-electron chi connectivity index (χ4n) is 3.60. The van der Waals surface area contributed by atoms with Gasteiger partial charge in [0.25, 0.3) is 0 Å². The Balaban J connectivity index is 2.00. The van der Waals surface area contributed by atoms with E-state index in [1.165, 1.54) is 0 Å². The van der Waals surface area contributed by atoms with E-state index in [1.54, 1.807) is 17.8 Å². The highest BCUT2D eigenvalue weighted by molar-refractivity contribution is 5.79. The van der Waals surface area contributed by atoms with Gasteiger partial charge in [0.1, 0.15) is 5.60 Å². The topological polar surface area (TPSA) is 83.7 Å². The molecule has 2 rings (SSSR count). The molecule has 2 heterocycles. The number of nitrogens with one attached hydrogen (secondary N) is 2. The standard InChI is InChI=1S/C20H37N5O2/c1-7-21-18(23-14-20(5,26)16-12-24-25(6)13-16)22-11-15-9-8-10-27-17(15)19(2,3)4/h12-13,15,17,26H,7-11,14H2,1-6H3,(H2,21,22,23). The zero-order chi connectivity index (χ0) is 20.1. The number of nitrogens with zero attached hydrogens (tertiary/aromatic N) is 3. The van der Waals surface area contributed by atoms with Crippen LogP contribution in [0, 0.1) is 11.3 Å².